The van der Waals surface area contributed by atoms with Crippen LogP contribution in [-0.2, 0) is 19.6 Å². The number of benzene rings is 2. The van der Waals surface area contributed by atoms with Crippen LogP contribution in [0.15, 0.2) is 53.4 Å². The van der Waals surface area contributed by atoms with Gasteiger partial charge in [0.05, 0.1) is 23.0 Å². The first-order valence-corrected chi connectivity index (χ1v) is 13.0. The Labute approximate surface area is 198 Å². The summed E-state index contributed by atoms with van der Waals surface area (Å²) in [5.74, 6) is -0.974. The van der Waals surface area contributed by atoms with E-state index in [2.05, 4.69) is 4.90 Å². The molecule has 0 bridgehead atoms. The Bertz CT molecular complexity index is 1170. The minimum atomic E-state index is -3.44. The standard InChI is InChI=1S/C24H27FN4O4S/c25-18-3-5-20(6-4-18)29-23(30)17-22(24(29)31)27-15-13-26(14-16-27)19-7-9-21(10-8-19)34(32,33)28-11-1-2-12-28/h3-10,22H,1-2,11-17H2/t22-/m0/s1. The molecule has 2 aromatic carbocycles. The molecule has 3 aliphatic heterocycles. The van der Waals surface area contributed by atoms with Crippen LogP contribution >= 0.6 is 0 Å². The first-order valence-electron chi connectivity index (χ1n) is 11.6. The normalized spacial score (nSPS) is 22.7. The maximum absolute atomic E-state index is 13.2. The first-order chi connectivity index (χ1) is 16.3. The van der Waals surface area contributed by atoms with Gasteiger partial charge in [0.25, 0.3) is 5.91 Å². The Morgan fingerprint density at radius 1 is 0.765 bits per heavy atom. The second kappa shape index (κ2) is 9.09. The van der Waals surface area contributed by atoms with Crippen molar-refractivity contribution >= 4 is 33.2 Å². The Balaban J connectivity index is 1.21. The number of rotatable bonds is 5. The van der Waals surface area contributed by atoms with Gasteiger partial charge in [-0.3, -0.25) is 14.5 Å². The smallest absolute Gasteiger partial charge is 0.251 e. The van der Waals surface area contributed by atoms with Gasteiger partial charge in [-0.15, -0.1) is 0 Å². The molecule has 0 spiro atoms. The topological polar surface area (TPSA) is 81.2 Å². The molecule has 8 nitrogen and oxygen atoms in total. The van der Waals surface area contributed by atoms with Gasteiger partial charge >= 0.3 is 0 Å². The molecular weight excluding hydrogens is 459 g/mol. The molecule has 5 rings (SSSR count). The number of imide groups is 1. The second-order valence-electron chi connectivity index (χ2n) is 8.89. The zero-order valence-corrected chi connectivity index (χ0v) is 19.6. The summed E-state index contributed by atoms with van der Waals surface area (Å²) in [5, 5.41) is 0. The highest BCUT2D eigenvalue weighted by Gasteiger charge is 2.43. The van der Waals surface area contributed by atoms with E-state index in [1.807, 2.05) is 17.0 Å². The van der Waals surface area contributed by atoms with Gasteiger partial charge in [-0.1, -0.05) is 0 Å². The summed E-state index contributed by atoms with van der Waals surface area (Å²) in [6, 6.07) is 11.8. The van der Waals surface area contributed by atoms with Crippen molar-refractivity contribution in [1.29, 1.82) is 0 Å². The minimum absolute atomic E-state index is 0.110. The molecule has 2 amide bonds. The summed E-state index contributed by atoms with van der Waals surface area (Å²) < 4.78 is 40.2. The van der Waals surface area contributed by atoms with E-state index in [9.17, 15) is 22.4 Å². The van der Waals surface area contributed by atoms with Crippen LogP contribution in [-0.4, -0.2) is 74.7 Å². The third-order valence-electron chi connectivity index (χ3n) is 6.87. The number of sulfonamides is 1. The number of hydrogen-bond acceptors (Lipinski definition) is 6. The van der Waals surface area contributed by atoms with Gasteiger partial charge in [-0.05, 0) is 61.4 Å². The van der Waals surface area contributed by atoms with Crippen LogP contribution in [0.5, 0.6) is 0 Å². The van der Waals surface area contributed by atoms with Crippen molar-refractivity contribution in [3.8, 4) is 0 Å². The molecule has 3 saturated heterocycles. The molecule has 34 heavy (non-hydrogen) atoms. The fourth-order valence-corrected chi connectivity index (χ4v) is 6.48. The van der Waals surface area contributed by atoms with Gasteiger partial charge in [0.1, 0.15) is 5.82 Å². The average molecular weight is 487 g/mol. The van der Waals surface area contributed by atoms with Gasteiger partial charge in [-0.2, -0.15) is 4.31 Å². The van der Waals surface area contributed by atoms with E-state index in [-0.39, 0.29) is 18.2 Å². The summed E-state index contributed by atoms with van der Waals surface area (Å²) >= 11 is 0. The monoisotopic (exact) mass is 486 g/mol. The van der Waals surface area contributed by atoms with Crippen molar-refractivity contribution in [3.05, 3.63) is 54.3 Å². The van der Waals surface area contributed by atoms with Crippen molar-refractivity contribution in [1.82, 2.24) is 9.21 Å². The van der Waals surface area contributed by atoms with E-state index in [1.54, 1.807) is 12.1 Å². The lowest BCUT2D eigenvalue weighted by Crippen LogP contribution is -2.52. The van der Waals surface area contributed by atoms with E-state index < -0.39 is 21.9 Å². The molecule has 0 N–H and O–H groups in total. The Kier molecular flexibility index (Phi) is 6.13. The average Bonchev–Trinajstić information content (AvgIpc) is 3.49. The van der Waals surface area contributed by atoms with E-state index in [0.29, 0.717) is 49.9 Å². The van der Waals surface area contributed by atoms with Crippen molar-refractivity contribution in [3.63, 3.8) is 0 Å². The van der Waals surface area contributed by atoms with Crippen LogP contribution in [0.25, 0.3) is 0 Å². The van der Waals surface area contributed by atoms with Crippen LogP contribution < -0.4 is 9.80 Å². The minimum Gasteiger partial charge on any atom is -0.369 e. The van der Waals surface area contributed by atoms with Crippen LogP contribution in [0.3, 0.4) is 0 Å². The lowest BCUT2D eigenvalue weighted by atomic mass is 10.1. The van der Waals surface area contributed by atoms with Crippen molar-refractivity contribution in [2.24, 2.45) is 0 Å². The molecular formula is C24H27FN4O4S. The van der Waals surface area contributed by atoms with Gasteiger partial charge in [-0.25, -0.2) is 17.7 Å². The Morgan fingerprint density at radius 2 is 1.35 bits per heavy atom. The summed E-state index contributed by atoms with van der Waals surface area (Å²) in [6.45, 7) is 3.68. The molecule has 1 atom stereocenters. The van der Waals surface area contributed by atoms with Crippen molar-refractivity contribution in [2.45, 2.75) is 30.2 Å². The van der Waals surface area contributed by atoms with E-state index in [4.69, 9.17) is 0 Å². The molecule has 3 fully saturated rings. The van der Waals surface area contributed by atoms with Crippen LogP contribution in [0.2, 0.25) is 0 Å². The third-order valence-corrected chi connectivity index (χ3v) is 8.78. The number of carbonyl (C=O) groups is 2. The largest absolute Gasteiger partial charge is 0.369 e. The van der Waals surface area contributed by atoms with Crippen LogP contribution in [0, 0.1) is 5.82 Å². The number of hydrogen-bond donors (Lipinski definition) is 0. The number of anilines is 2. The van der Waals surface area contributed by atoms with E-state index in [1.165, 1.54) is 28.6 Å². The summed E-state index contributed by atoms with van der Waals surface area (Å²) in [5.41, 5.74) is 1.32. The number of piperazine rings is 1. The fraction of sp³-hybridized carbons (Fsp3) is 0.417. The molecule has 2 aromatic rings. The predicted molar refractivity (Wildman–Crippen MR) is 126 cm³/mol. The van der Waals surface area contributed by atoms with Crippen LogP contribution in [0.4, 0.5) is 15.8 Å². The summed E-state index contributed by atoms with van der Waals surface area (Å²) in [4.78, 5) is 31.2. The number of halogens is 1. The molecule has 3 heterocycles. The van der Waals surface area contributed by atoms with E-state index >= 15 is 0 Å². The Morgan fingerprint density at radius 3 is 1.97 bits per heavy atom. The highest BCUT2D eigenvalue weighted by Crippen LogP contribution is 2.28. The fourth-order valence-electron chi connectivity index (χ4n) is 4.96. The number of nitrogens with zero attached hydrogens (tertiary/aromatic N) is 4. The molecule has 0 saturated carbocycles. The predicted octanol–water partition coefficient (Wildman–Crippen LogP) is 2.06. The third kappa shape index (κ3) is 4.21. The summed E-state index contributed by atoms with van der Waals surface area (Å²) in [7, 11) is -3.44. The second-order valence-corrected chi connectivity index (χ2v) is 10.8. The van der Waals surface area contributed by atoms with Gasteiger partial charge < -0.3 is 4.90 Å². The molecule has 0 aromatic heterocycles. The Hall–Kier alpha value is -2.82. The number of carbonyl (C=O) groups excluding carboxylic acids is 2. The van der Waals surface area contributed by atoms with Crippen molar-refractivity contribution in [2.75, 3.05) is 49.1 Å². The van der Waals surface area contributed by atoms with Gasteiger partial charge in [0.15, 0.2) is 0 Å². The lowest BCUT2D eigenvalue weighted by Gasteiger charge is -2.38. The zero-order valence-electron chi connectivity index (χ0n) is 18.8. The lowest BCUT2D eigenvalue weighted by molar-refractivity contribution is -0.123. The highest BCUT2D eigenvalue weighted by atomic mass is 32.2. The first kappa shape index (κ1) is 22.9. The van der Waals surface area contributed by atoms with Gasteiger partial charge in [0, 0.05) is 45.0 Å². The molecule has 10 heteroatoms. The maximum atomic E-state index is 13.2. The number of amides is 2. The quantitative estimate of drug-likeness (QED) is 0.602. The molecule has 0 unspecified atom stereocenters. The molecule has 0 aliphatic carbocycles. The highest BCUT2D eigenvalue weighted by molar-refractivity contribution is 7.89. The molecule has 180 valence electrons. The molecule has 0 radical (unpaired) electrons. The zero-order chi connectivity index (χ0) is 23.9. The molecule has 3 aliphatic rings. The van der Waals surface area contributed by atoms with E-state index in [0.717, 1.165) is 23.4 Å². The van der Waals surface area contributed by atoms with Gasteiger partial charge in [0.2, 0.25) is 15.9 Å². The van der Waals surface area contributed by atoms with Crippen LogP contribution in [0.1, 0.15) is 19.3 Å². The maximum Gasteiger partial charge on any atom is 0.251 e. The van der Waals surface area contributed by atoms with Crippen molar-refractivity contribution < 1.29 is 22.4 Å². The summed E-state index contributed by atoms with van der Waals surface area (Å²) in [6.07, 6.45) is 1.91. The SMILES string of the molecule is O=C1C[C@H](N2CCN(c3ccc(S(=O)(=O)N4CCCC4)cc3)CC2)C(=O)N1c1ccc(F)cc1.